The molecule has 8 aromatic carbocycles. The van der Waals surface area contributed by atoms with Gasteiger partial charge >= 0.3 is 6.92 Å². The normalized spacial score (nSPS) is 13.0. The summed E-state index contributed by atoms with van der Waals surface area (Å²) in [5.41, 5.74) is 15.1. The van der Waals surface area contributed by atoms with Gasteiger partial charge in [-0.2, -0.15) is 0 Å². The molecule has 0 amide bonds. The van der Waals surface area contributed by atoms with Gasteiger partial charge in [-0.1, -0.05) is 115 Å². The summed E-state index contributed by atoms with van der Waals surface area (Å²) in [4.78, 5) is 0. The van der Waals surface area contributed by atoms with E-state index in [1.807, 2.05) is 0 Å². The molecule has 224 valence electrons. The Balaban J connectivity index is 1.38. The Labute approximate surface area is 278 Å². The third-order valence-electron chi connectivity index (χ3n) is 11.0. The van der Waals surface area contributed by atoms with Crippen LogP contribution in [0.25, 0.3) is 82.1 Å². The minimum Gasteiger partial charge on any atom is -0.550 e. The summed E-state index contributed by atoms with van der Waals surface area (Å²) in [7, 11) is 0. The van der Waals surface area contributed by atoms with E-state index in [1.165, 1.54) is 98.7 Å². The Morgan fingerprint density at radius 3 is 1.98 bits per heavy atom. The number of rotatable bonds is 1. The van der Waals surface area contributed by atoms with Crippen LogP contribution in [-0.2, 0) is 0 Å². The molecule has 0 atom stereocenters. The largest absolute Gasteiger partial charge is 0.550 e. The van der Waals surface area contributed by atoms with E-state index in [4.69, 9.17) is 4.65 Å². The highest BCUT2D eigenvalue weighted by Gasteiger charge is 2.42. The molecule has 1 aromatic heterocycles. The van der Waals surface area contributed by atoms with Crippen LogP contribution in [0.2, 0.25) is 0 Å². The topological polar surface area (TPSA) is 14.2 Å². The van der Waals surface area contributed by atoms with Crippen LogP contribution in [-0.4, -0.2) is 11.5 Å². The van der Waals surface area contributed by atoms with E-state index < -0.39 is 0 Å². The smallest absolute Gasteiger partial charge is 0.431 e. The lowest BCUT2D eigenvalue weighted by Crippen LogP contribution is -2.54. The Hall–Kier alpha value is -5.80. The van der Waals surface area contributed by atoms with Crippen molar-refractivity contribution in [3.63, 3.8) is 0 Å². The molecule has 2 aliphatic rings. The quantitative estimate of drug-likeness (QED) is 0.169. The Bertz CT molecular complexity index is 2890. The molecular weight excluding hydrogens is 581 g/mol. The van der Waals surface area contributed by atoms with Gasteiger partial charge in [0, 0.05) is 32.9 Å². The van der Waals surface area contributed by atoms with Crippen LogP contribution in [0.4, 0.5) is 0 Å². The van der Waals surface area contributed by atoms with E-state index in [0.29, 0.717) is 0 Å². The molecule has 0 N–H and O–H groups in total. The van der Waals surface area contributed by atoms with Crippen molar-refractivity contribution in [3.8, 4) is 33.7 Å². The summed E-state index contributed by atoms with van der Waals surface area (Å²) in [6.45, 7) is 6.46. The van der Waals surface area contributed by atoms with Crippen LogP contribution < -0.4 is 15.6 Å². The van der Waals surface area contributed by atoms with E-state index in [2.05, 4.69) is 153 Å². The molecule has 0 bridgehead atoms. The highest BCUT2D eigenvalue weighted by Crippen LogP contribution is 2.47. The minimum absolute atomic E-state index is 0.238. The second-order valence-corrected chi connectivity index (χ2v) is 13.8. The number of hydrogen-bond acceptors (Lipinski definition) is 1. The molecule has 0 radical (unpaired) electrons. The van der Waals surface area contributed by atoms with Gasteiger partial charge in [0.1, 0.15) is 5.75 Å². The summed E-state index contributed by atoms with van der Waals surface area (Å²) in [6.07, 6.45) is 0. The number of nitrogens with zero attached hydrogens (tertiary/aromatic N) is 1. The van der Waals surface area contributed by atoms with Gasteiger partial charge < -0.3 is 9.22 Å². The van der Waals surface area contributed by atoms with Gasteiger partial charge in [-0.15, -0.1) is 0 Å². The maximum Gasteiger partial charge on any atom is 0.431 e. The van der Waals surface area contributed by atoms with Crippen molar-refractivity contribution in [2.45, 2.75) is 20.8 Å². The maximum atomic E-state index is 7.33. The molecule has 0 saturated carbocycles. The molecule has 0 unspecified atom stereocenters. The maximum absolute atomic E-state index is 7.33. The van der Waals surface area contributed by atoms with Gasteiger partial charge in [0.2, 0.25) is 0 Å². The van der Waals surface area contributed by atoms with E-state index >= 15 is 0 Å². The van der Waals surface area contributed by atoms with Crippen molar-refractivity contribution < 1.29 is 4.65 Å². The highest BCUT2D eigenvalue weighted by molar-refractivity contribution is 6.86. The second-order valence-electron chi connectivity index (χ2n) is 13.8. The summed E-state index contributed by atoms with van der Waals surface area (Å²) in [5, 5.41) is 10.0. The number of fused-ring (bicyclic) bond motifs is 13. The van der Waals surface area contributed by atoms with Gasteiger partial charge in [-0.25, -0.2) is 0 Å². The second kappa shape index (κ2) is 9.17. The lowest BCUT2D eigenvalue weighted by Gasteiger charge is -2.34. The van der Waals surface area contributed by atoms with Gasteiger partial charge in [0.25, 0.3) is 0 Å². The van der Waals surface area contributed by atoms with Crippen LogP contribution in [0, 0.1) is 20.8 Å². The van der Waals surface area contributed by atoms with Crippen molar-refractivity contribution in [1.29, 1.82) is 0 Å². The molecule has 48 heavy (non-hydrogen) atoms. The standard InChI is InChI=1S/C45H30BNO/c1-25-20-26(2)40(27(3)21-25)31-22-36-35-18-16-29-11-5-9-15-34(29)45(35)48-46-37-23-30-12-6-8-14-33(30)42-41-32-13-7-4-10-28(32)17-19-38(41)47(44(37)42)39(24-31)43(36)46/h4-24H,1-3H3. The third-order valence-corrected chi connectivity index (χ3v) is 11.0. The molecule has 0 aliphatic carbocycles. The fourth-order valence-corrected chi connectivity index (χ4v) is 9.21. The molecule has 0 saturated heterocycles. The third kappa shape index (κ3) is 3.28. The number of benzene rings is 8. The average Bonchev–Trinajstić information content (AvgIpc) is 3.46. The molecule has 2 aliphatic heterocycles. The molecule has 11 rings (SSSR count). The first-order chi connectivity index (χ1) is 23.5. The van der Waals surface area contributed by atoms with Gasteiger partial charge in [0.15, 0.2) is 0 Å². The average molecular weight is 612 g/mol. The Morgan fingerprint density at radius 1 is 0.562 bits per heavy atom. The van der Waals surface area contributed by atoms with Crippen molar-refractivity contribution in [3.05, 3.63) is 144 Å². The van der Waals surface area contributed by atoms with Crippen LogP contribution in [0.3, 0.4) is 0 Å². The van der Waals surface area contributed by atoms with Gasteiger partial charge in [-0.3, -0.25) is 0 Å². The first kappa shape index (κ1) is 26.3. The monoisotopic (exact) mass is 611 g/mol. The molecule has 0 spiro atoms. The fraction of sp³-hybridized carbons (Fsp3) is 0.0667. The number of aryl methyl sites for hydroxylation is 3. The van der Waals surface area contributed by atoms with Crippen LogP contribution in [0.15, 0.2) is 127 Å². The molecule has 3 heterocycles. The molecule has 0 fully saturated rings. The summed E-state index contributed by atoms with van der Waals surface area (Å²) >= 11 is 0. The molecule has 2 nitrogen and oxygen atoms in total. The lowest BCUT2D eigenvalue weighted by molar-refractivity contribution is 0.597. The van der Waals surface area contributed by atoms with E-state index in [1.54, 1.807) is 0 Å². The Kier molecular flexibility index (Phi) is 5.03. The van der Waals surface area contributed by atoms with Crippen molar-refractivity contribution in [2.75, 3.05) is 0 Å². The Morgan fingerprint density at radius 2 is 1.21 bits per heavy atom. The zero-order chi connectivity index (χ0) is 31.8. The number of aromatic nitrogens is 1. The molecule has 9 aromatic rings. The highest BCUT2D eigenvalue weighted by atomic mass is 16.4. The SMILES string of the molecule is Cc1cc(C)c(-c2cc3c4c(c2)-n2c5ccc6ccccc6c5c5c6ccccc6cc(c52)B4Oc2c-3ccc3ccccc23)c(C)c1. The summed E-state index contributed by atoms with van der Waals surface area (Å²) in [6, 6.07) is 47.4. The molecule has 3 heteroatoms. The zero-order valence-corrected chi connectivity index (χ0v) is 27.1. The van der Waals surface area contributed by atoms with Crippen molar-refractivity contribution in [2.24, 2.45) is 0 Å². The first-order valence-corrected chi connectivity index (χ1v) is 16.9. The fourth-order valence-electron chi connectivity index (χ4n) is 9.21. The minimum atomic E-state index is -0.238. The van der Waals surface area contributed by atoms with Gasteiger partial charge in [-0.05, 0) is 99.2 Å². The van der Waals surface area contributed by atoms with E-state index in [9.17, 15) is 0 Å². The van der Waals surface area contributed by atoms with Crippen LogP contribution in [0.5, 0.6) is 5.75 Å². The first-order valence-electron chi connectivity index (χ1n) is 16.9. The summed E-state index contributed by atoms with van der Waals surface area (Å²) < 4.78 is 9.89. The predicted octanol–water partition coefficient (Wildman–Crippen LogP) is 10.3. The van der Waals surface area contributed by atoms with Crippen molar-refractivity contribution in [1.82, 2.24) is 4.57 Å². The lowest BCUT2D eigenvalue weighted by atomic mass is 9.50. The molecular formula is C45H30BNO. The van der Waals surface area contributed by atoms with E-state index in [-0.39, 0.29) is 6.92 Å². The number of hydrogen-bond donors (Lipinski definition) is 0. The van der Waals surface area contributed by atoms with Crippen LogP contribution >= 0.6 is 0 Å². The summed E-state index contributed by atoms with van der Waals surface area (Å²) in [5.74, 6) is 0.974. The predicted molar refractivity (Wildman–Crippen MR) is 204 cm³/mol. The van der Waals surface area contributed by atoms with E-state index in [0.717, 1.165) is 16.7 Å². The zero-order valence-electron chi connectivity index (χ0n) is 27.1. The van der Waals surface area contributed by atoms with Crippen LogP contribution in [0.1, 0.15) is 16.7 Å². The van der Waals surface area contributed by atoms with Crippen molar-refractivity contribution >= 4 is 72.0 Å². The van der Waals surface area contributed by atoms with Gasteiger partial charge in [0.05, 0.1) is 11.0 Å².